The summed E-state index contributed by atoms with van der Waals surface area (Å²) >= 11 is 0. The summed E-state index contributed by atoms with van der Waals surface area (Å²) in [5.41, 5.74) is 2.62. The van der Waals surface area contributed by atoms with E-state index in [-0.39, 0.29) is 18.2 Å². The van der Waals surface area contributed by atoms with Crippen LogP contribution in [0.4, 0.5) is 10.2 Å². The molecule has 1 N–H and O–H groups in total. The van der Waals surface area contributed by atoms with Crippen molar-refractivity contribution in [3.05, 3.63) is 41.7 Å². The Morgan fingerprint density at radius 2 is 1.76 bits per heavy atom. The molecule has 1 aromatic carbocycles. The second-order valence-corrected chi connectivity index (χ2v) is 3.52. The van der Waals surface area contributed by atoms with Crippen molar-refractivity contribution in [3.8, 4) is 11.3 Å². The van der Waals surface area contributed by atoms with Crippen LogP contribution >= 0.6 is 12.4 Å². The van der Waals surface area contributed by atoms with E-state index in [4.69, 9.17) is 0 Å². The summed E-state index contributed by atoms with van der Waals surface area (Å²) in [7, 11) is 1.80. The van der Waals surface area contributed by atoms with Gasteiger partial charge in [-0.3, -0.25) is 0 Å². The highest BCUT2D eigenvalue weighted by atomic mass is 35.5. The molecule has 1 aromatic heterocycles. The van der Waals surface area contributed by atoms with Gasteiger partial charge >= 0.3 is 0 Å². The van der Waals surface area contributed by atoms with E-state index in [2.05, 4.69) is 15.5 Å². The van der Waals surface area contributed by atoms with Gasteiger partial charge in [0.05, 0.1) is 5.69 Å². The van der Waals surface area contributed by atoms with Crippen molar-refractivity contribution >= 4 is 18.2 Å². The van der Waals surface area contributed by atoms with Gasteiger partial charge in [0.15, 0.2) is 5.82 Å². The molecule has 0 saturated carbocycles. The first-order valence-electron chi connectivity index (χ1n) is 4.98. The highest BCUT2D eigenvalue weighted by Gasteiger charge is 2.04. The largest absolute Gasteiger partial charge is 0.371 e. The fourth-order valence-corrected chi connectivity index (χ4v) is 1.49. The predicted molar refractivity (Wildman–Crippen MR) is 69.0 cm³/mol. The summed E-state index contributed by atoms with van der Waals surface area (Å²) in [4.78, 5) is 0. The smallest absolute Gasteiger partial charge is 0.151 e. The third-order valence-electron chi connectivity index (χ3n) is 2.36. The minimum Gasteiger partial charge on any atom is -0.371 e. The van der Waals surface area contributed by atoms with E-state index < -0.39 is 0 Å². The van der Waals surface area contributed by atoms with Crippen LogP contribution in [0.25, 0.3) is 11.3 Å². The molecule has 0 spiro atoms. The summed E-state index contributed by atoms with van der Waals surface area (Å²) < 4.78 is 12.8. The van der Waals surface area contributed by atoms with Crippen LogP contribution in [0.3, 0.4) is 0 Å². The maximum atomic E-state index is 12.8. The number of nitrogens with one attached hydrogen (secondary N) is 1. The summed E-state index contributed by atoms with van der Waals surface area (Å²) in [6, 6.07) is 8.14. The van der Waals surface area contributed by atoms with Crippen LogP contribution in [0, 0.1) is 12.7 Å². The summed E-state index contributed by atoms with van der Waals surface area (Å²) in [6.45, 7) is 1.95. The number of halogens is 2. The van der Waals surface area contributed by atoms with Gasteiger partial charge in [0.1, 0.15) is 5.82 Å². The number of aryl methyl sites for hydroxylation is 1. The van der Waals surface area contributed by atoms with E-state index in [0.717, 1.165) is 22.6 Å². The topological polar surface area (TPSA) is 37.8 Å². The quantitative estimate of drug-likeness (QED) is 0.894. The molecule has 90 valence electrons. The lowest BCUT2D eigenvalue weighted by Crippen LogP contribution is -1.98. The number of hydrogen-bond acceptors (Lipinski definition) is 3. The van der Waals surface area contributed by atoms with Gasteiger partial charge in [0.25, 0.3) is 0 Å². The molecule has 0 amide bonds. The number of anilines is 1. The van der Waals surface area contributed by atoms with Gasteiger partial charge in [-0.25, -0.2) is 4.39 Å². The lowest BCUT2D eigenvalue weighted by atomic mass is 10.1. The molecule has 0 bridgehead atoms. The first-order valence-corrected chi connectivity index (χ1v) is 4.98. The zero-order valence-corrected chi connectivity index (χ0v) is 10.4. The molecule has 0 unspecified atom stereocenters. The number of rotatable bonds is 2. The molecule has 5 heteroatoms. The van der Waals surface area contributed by atoms with Gasteiger partial charge in [-0.05, 0) is 42.8 Å². The Morgan fingerprint density at radius 1 is 1.12 bits per heavy atom. The SMILES string of the molecule is CNc1nnc(-c2ccc(F)cc2)cc1C.Cl. The predicted octanol–water partition coefficient (Wildman–Crippen LogP) is 3.05. The first-order chi connectivity index (χ1) is 7.70. The molecule has 0 saturated heterocycles. The second kappa shape index (κ2) is 5.59. The molecule has 0 fully saturated rings. The van der Waals surface area contributed by atoms with Crippen molar-refractivity contribution in [2.75, 3.05) is 12.4 Å². The van der Waals surface area contributed by atoms with Crippen LogP contribution in [-0.4, -0.2) is 17.2 Å². The van der Waals surface area contributed by atoms with Crippen LogP contribution in [0.2, 0.25) is 0 Å². The minimum atomic E-state index is -0.250. The van der Waals surface area contributed by atoms with Crippen LogP contribution in [0.5, 0.6) is 0 Å². The molecule has 0 aliphatic heterocycles. The second-order valence-electron chi connectivity index (χ2n) is 3.52. The van der Waals surface area contributed by atoms with Gasteiger partial charge in [0, 0.05) is 12.6 Å². The highest BCUT2D eigenvalue weighted by molar-refractivity contribution is 5.85. The fraction of sp³-hybridized carbons (Fsp3) is 0.167. The van der Waals surface area contributed by atoms with E-state index in [9.17, 15) is 4.39 Å². The highest BCUT2D eigenvalue weighted by Crippen LogP contribution is 2.20. The average molecular weight is 254 g/mol. The normalized spacial score (nSPS) is 9.59. The maximum Gasteiger partial charge on any atom is 0.151 e. The third-order valence-corrected chi connectivity index (χ3v) is 2.36. The molecule has 0 aliphatic rings. The molecule has 2 aromatic rings. The molecule has 3 nitrogen and oxygen atoms in total. The van der Waals surface area contributed by atoms with Crippen molar-refractivity contribution < 1.29 is 4.39 Å². The van der Waals surface area contributed by atoms with Crippen LogP contribution in [0.15, 0.2) is 30.3 Å². The molecule has 1 heterocycles. The van der Waals surface area contributed by atoms with E-state index in [1.807, 2.05) is 13.0 Å². The van der Waals surface area contributed by atoms with Crippen molar-refractivity contribution in [2.45, 2.75) is 6.92 Å². The van der Waals surface area contributed by atoms with Gasteiger partial charge in [-0.15, -0.1) is 22.6 Å². The summed E-state index contributed by atoms with van der Waals surface area (Å²) in [5.74, 6) is 0.506. The Labute approximate surface area is 105 Å². The zero-order valence-electron chi connectivity index (χ0n) is 9.57. The van der Waals surface area contributed by atoms with E-state index in [1.165, 1.54) is 12.1 Å². The number of aromatic nitrogens is 2. The van der Waals surface area contributed by atoms with E-state index in [0.29, 0.717) is 0 Å². The molecule has 0 aliphatic carbocycles. The Kier molecular flexibility index (Phi) is 4.40. The van der Waals surface area contributed by atoms with Crippen molar-refractivity contribution in [3.63, 3.8) is 0 Å². The Balaban J connectivity index is 0.00000144. The molecular formula is C12H13ClFN3. The van der Waals surface area contributed by atoms with Gasteiger partial charge in [0.2, 0.25) is 0 Å². The molecule has 17 heavy (non-hydrogen) atoms. The van der Waals surface area contributed by atoms with Crippen molar-refractivity contribution in [1.82, 2.24) is 10.2 Å². The number of benzene rings is 1. The van der Waals surface area contributed by atoms with Crippen molar-refractivity contribution in [2.24, 2.45) is 0 Å². The summed E-state index contributed by atoms with van der Waals surface area (Å²) in [5, 5.41) is 11.1. The number of nitrogens with zero attached hydrogens (tertiary/aromatic N) is 2. The van der Waals surface area contributed by atoms with E-state index >= 15 is 0 Å². The zero-order chi connectivity index (χ0) is 11.5. The van der Waals surface area contributed by atoms with Crippen molar-refractivity contribution in [1.29, 1.82) is 0 Å². The monoisotopic (exact) mass is 253 g/mol. The molecular weight excluding hydrogens is 241 g/mol. The fourth-order valence-electron chi connectivity index (χ4n) is 1.49. The standard InChI is InChI=1S/C12H12FN3.ClH/c1-8-7-11(15-16-12(8)14-2)9-3-5-10(13)6-4-9;/h3-7H,1-2H3,(H,14,16);1H. The lowest BCUT2D eigenvalue weighted by molar-refractivity contribution is 0.628. The average Bonchev–Trinajstić information content (AvgIpc) is 2.30. The van der Waals surface area contributed by atoms with Gasteiger partial charge in [-0.2, -0.15) is 0 Å². The van der Waals surface area contributed by atoms with Crippen LogP contribution in [0.1, 0.15) is 5.56 Å². The maximum absolute atomic E-state index is 12.8. The Bertz CT molecular complexity index is 500. The molecule has 0 radical (unpaired) electrons. The first kappa shape index (κ1) is 13.4. The Morgan fingerprint density at radius 3 is 2.29 bits per heavy atom. The van der Waals surface area contributed by atoms with Gasteiger partial charge in [-0.1, -0.05) is 0 Å². The summed E-state index contributed by atoms with van der Waals surface area (Å²) in [6.07, 6.45) is 0. The third kappa shape index (κ3) is 2.91. The number of hydrogen-bond donors (Lipinski definition) is 1. The van der Waals surface area contributed by atoms with Crippen LogP contribution < -0.4 is 5.32 Å². The lowest BCUT2D eigenvalue weighted by Gasteiger charge is -2.05. The Hall–Kier alpha value is -1.68. The molecule has 2 rings (SSSR count). The minimum absolute atomic E-state index is 0. The van der Waals surface area contributed by atoms with E-state index in [1.54, 1.807) is 19.2 Å². The molecule has 0 atom stereocenters. The van der Waals surface area contributed by atoms with Crippen LogP contribution in [-0.2, 0) is 0 Å². The van der Waals surface area contributed by atoms with Gasteiger partial charge < -0.3 is 5.32 Å².